The average molecular weight is 256 g/mol. The Morgan fingerprint density at radius 3 is 2.76 bits per heavy atom. The first-order chi connectivity index (χ1) is 8.10. The number of likely N-dealkylation sites (N-methyl/N-ethyl adjacent to an activating group) is 1. The molecule has 0 amide bonds. The van der Waals surface area contributed by atoms with Crippen molar-refractivity contribution in [3.8, 4) is 0 Å². The Balaban J connectivity index is 2.91. The van der Waals surface area contributed by atoms with Gasteiger partial charge < -0.3 is 10.8 Å². The summed E-state index contributed by atoms with van der Waals surface area (Å²) in [5.74, 6) is -0.364. The Hall–Kier alpha value is -1.04. The maximum Gasteiger partial charge on any atom is 0.137 e. The molecular formula is C12H17FN2OS. The van der Waals surface area contributed by atoms with E-state index in [1.165, 1.54) is 0 Å². The first-order valence-corrected chi connectivity index (χ1v) is 5.91. The van der Waals surface area contributed by atoms with Crippen LogP contribution in [0.5, 0.6) is 0 Å². The maximum atomic E-state index is 14.0. The molecule has 5 heteroatoms. The molecule has 1 rings (SSSR count). The molecule has 94 valence electrons. The topological polar surface area (TPSA) is 49.5 Å². The van der Waals surface area contributed by atoms with Crippen LogP contribution in [0.1, 0.15) is 18.1 Å². The Morgan fingerprint density at radius 1 is 1.53 bits per heavy atom. The molecule has 0 aliphatic rings. The van der Waals surface area contributed by atoms with E-state index in [2.05, 4.69) is 0 Å². The third kappa shape index (κ3) is 3.73. The molecule has 0 saturated heterocycles. The molecule has 0 radical (unpaired) electrons. The Bertz CT molecular complexity index is 398. The highest BCUT2D eigenvalue weighted by Crippen LogP contribution is 2.15. The number of nitrogens with zero attached hydrogens (tertiary/aromatic N) is 1. The molecule has 17 heavy (non-hydrogen) atoms. The van der Waals surface area contributed by atoms with Crippen LogP contribution in [-0.4, -0.2) is 34.7 Å². The standard InChI is InChI=1S/C12H17FN2OS/c1-2-15(6-7-16)8-9-4-3-5-10(11(9)13)12(14)17/h3-5,16H,2,6-8H2,1H3,(H2,14,17). The van der Waals surface area contributed by atoms with E-state index in [4.69, 9.17) is 23.1 Å². The van der Waals surface area contributed by atoms with Crippen LogP contribution in [0.4, 0.5) is 4.39 Å². The zero-order valence-corrected chi connectivity index (χ0v) is 10.6. The minimum Gasteiger partial charge on any atom is -0.395 e. The fourth-order valence-corrected chi connectivity index (χ4v) is 1.78. The number of hydrogen-bond donors (Lipinski definition) is 2. The van der Waals surface area contributed by atoms with Crippen LogP contribution >= 0.6 is 12.2 Å². The van der Waals surface area contributed by atoms with E-state index in [9.17, 15) is 4.39 Å². The second-order valence-electron chi connectivity index (χ2n) is 3.74. The van der Waals surface area contributed by atoms with Crippen molar-refractivity contribution in [1.29, 1.82) is 0 Å². The van der Waals surface area contributed by atoms with Crippen LogP contribution in [0.2, 0.25) is 0 Å². The van der Waals surface area contributed by atoms with Gasteiger partial charge in [-0.2, -0.15) is 0 Å². The summed E-state index contributed by atoms with van der Waals surface area (Å²) in [4.78, 5) is 2.01. The molecule has 0 saturated carbocycles. The van der Waals surface area contributed by atoms with Gasteiger partial charge in [-0.3, -0.25) is 4.90 Å². The fourth-order valence-electron chi connectivity index (χ4n) is 1.62. The van der Waals surface area contributed by atoms with Gasteiger partial charge in [-0.15, -0.1) is 0 Å². The van der Waals surface area contributed by atoms with Gasteiger partial charge in [0.05, 0.1) is 6.61 Å². The summed E-state index contributed by atoms with van der Waals surface area (Å²) in [6.45, 7) is 3.74. The Labute approximate surface area is 106 Å². The summed E-state index contributed by atoms with van der Waals surface area (Å²) >= 11 is 4.79. The Kier molecular flexibility index (Phi) is 5.47. The van der Waals surface area contributed by atoms with Gasteiger partial charge in [-0.05, 0) is 12.6 Å². The highest BCUT2D eigenvalue weighted by Gasteiger charge is 2.12. The van der Waals surface area contributed by atoms with Crippen molar-refractivity contribution in [2.75, 3.05) is 19.7 Å². The van der Waals surface area contributed by atoms with Crippen LogP contribution in [0.3, 0.4) is 0 Å². The number of hydrogen-bond acceptors (Lipinski definition) is 3. The van der Waals surface area contributed by atoms with Gasteiger partial charge in [0, 0.05) is 24.2 Å². The molecule has 0 spiro atoms. The van der Waals surface area contributed by atoms with Gasteiger partial charge >= 0.3 is 0 Å². The smallest absolute Gasteiger partial charge is 0.137 e. The van der Waals surface area contributed by atoms with Crippen molar-refractivity contribution >= 4 is 17.2 Å². The van der Waals surface area contributed by atoms with Crippen molar-refractivity contribution in [3.05, 3.63) is 35.1 Å². The predicted octanol–water partition coefficient (Wildman–Crippen LogP) is 1.27. The van der Waals surface area contributed by atoms with Gasteiger partial charge in [0.25, 0.3) is 0 Å². The van der Waals surface area contributed by atoms with Crippen molar-refractivity contribution in [3.63, 3.8) is 0 Å². The second-order valence-corrected chi connectivity index (χ2v) is 4.18. The highest BCUT2D eigenvalue weighted by molar-refractivity contribution is 7.80. The number of benzene rings is 1. The van der Waals surface area contributed by atoms with Crippen LogP contribution < -0.4 is 5.73 Å². The van der Waals surface area contributed by atoms with E-state index in [1.54, 1.807) is 18.2 Å². The monoisotopic (exact) mass is 256 g/mol. The van der Waals surface area contributed by atoms with Gasteiger partial charge in [0.1, 0.15) is 10.8 Å². The zero-order valence-electron chi connectivity index (χ0n) is 9.82. The van der Waals surface area contributed by atoms with Gasteiger partial charge in [-0.1, -0.05) is 31.3 Å². The van der Waals surface area contributed by atoms with Gasteiger partial charge in [0.2, 0.25) is 0 Å². The number of nitrogens with two attached hydrogens (primary N) is 1. The molecule has 0 atom stereocenters. The summed E-state index contributed by atoms with van der Waals surface area (Å²) < 4.78 is 14.0. The third-order valence-electron chi connectivity index (χ3n) is 2.60. The lowest BCUT2D eigenvalue weighted by Crippen LogP contribution is -2.27. The zero-order chi connectivity index (χ0) is 12.8. The molecule has 0 aromatic heterocycles. The average Bonchev–Trinajstić information content (AvgIpc) is 2.30. The Morgan fingerprint density at radius 2 is 2.24 bits per heavy atom. The first-order valence-electron chi connectivity index (χ1n) is 5.50. The summed E-state index contributed by atoms with van der Waals surface area (Å²) in [5.41, 5.74) is 6.27. The third-order valence-corrected chi connectivity index (χ3v) is 2.82. The van der Waals surface area contributed by atoms with Crippen molar-refractivity contribution in [2.45, 2.75) is 13.5 Å². The number of rotatable bonds is 6. The minimum absolute atomic E-state index is 0.0600. The molecule has 3 N–H and O–H groups in total. The summed E-state index contributed by atoms with van der Waals surface area (Å²) in [7, 11) is 0. The largest absolute Gasteiger partial charge is 0.395 e. The molecule has 0 heterocycles. The molecule has 3 nitrogen and oxygen atoms in total. The molecule has 0 aliphatic carbocycles. The number of thiocarbonyl (C=S) groups is 1. The summed E-state index contributed by atoms with van der Waals surface area (Å²) in [6, 6.07) is 5.01. The van der Waals surface area contributed by atoms with Crippen LogP contribution in [0.25, 0.3) is 0 Å². The molecule has 1 aromatic rings. The van der Waals surface area contributed by atoms with E-state index in [0.29, 0.717) is 18.7 Å². The van der Waals surface area contributed by atoms with E-state index in [1.807, 2.05) is 11.8 Å². The lowest BCUT2D eigenvalue weighted by molar-refractivity contribution is 0.195. The number of aliphatic hydroxyl groups excluding tert-OH is 1. The summed E-state index contributed by atoms with van der Waals surface area (Å²) in [5, 5.41) is 8.88. The van der Waals surface area contributed by atoms with Crippen LogP contribution in [0.15, 0.2) is 18.2 Å². The normalized spacial score (nSPS) is 10.8. The fraction of sp³-hybridized carbons (Fsp3) is 0.417. The van der Waals surface area contributed by atoms with Gasteiger partial charge in [-0.25, -0.2) is 4.39 Å². The second kappa shape index (κ2) is 6.64. The molecule has 1 aromatic carbocycles. The highest BCUT2D eigenvalue weighted by atomic mass is 32.1. The first kappa shape index (κ1) is 14.0. The van der Waals surface area contributed by atoms with E-state index in [-0.39, 0.29) is 23.0 Å². The quantitative estimate of drug-likeness (QED) is 0.753. The molecule has 0 bridgehead atoms. The van der Waals surface area contributed by atoms with Crippen molar-refractivity contribution in [2.24, 2.45) is 5.73 Å². The molecule has 0 unspecified atom stereocenters. The molecular weight excluding hydrogens is 239 g/mol. The van der Waals surface area contributed by atoms with E-state index in [0.717, 1.165) is 6.54 Å². The van der Waals surface area contributed by atoms with Crippen molar-refractivity contribution < 1.29 is 9.50 Å². The molecule has 0 aliphatic heterocycles. The van der Waals surface area contributed by atoms with Gasteiger partial charge in [0.15, 0.2) is 0 Å². The maximum absolute atomic E-state index is 14.0. The minimum atomic E-state index is -0.364. The SMILES string of the molecule is CCN(CCO)Cc1cccc(C(N)=S)c1F. The van der Waals surface area contributed by atoms with Crippen molar-refractivity contribution in [1.82, 2.24) is 4.90 Å². The lowest BCUT2D eigenvalue weighted by Gasteiger charge is -2.19. The molecule has 0 fully saturated rings. The number of aliphatic hydroxyl groups is 1. The van der Waals surface area contributed by atoms with Crippen LogP contribution in [-0.2, 0) is 6.54 Å². The van der Waals surface area contributed by atoms with Crippen LogP contribution in [0, 0.1) is 5.82 Å². The van der Waals surface area contributed by atoms with E-state index >= 15 is 0 Å². The summed E-state index contributed by atoms with van der Waals surface area (Å²) in [6.07, 6.45) is 0. The lowest BCUT2D eigenvalue weighted by atomic mass is 10.1. The van der Waals surface area contributed by atoms with E-state index < -0.39 is 0 Å². The number of halogens is 1. The predicted molar refractivity (Wildman–Crippen MR) is 70.3 cm³/mol.